The number of thioether (sulfide) groups is 1. The van der Waals surface area contributed by atoms with Gasteiger partial charge in [0.05, 0.1) is 11.0 Å². The number of fused-ring (bicyclic) bond motifs is 1. The van der Waals surface area contributed by atoms with E-state index >= 15 is 0 Å². The molecular formula is C17H25N3S. The van der Waals surface area contributed by atoms with E-state index in [1.54, 1.807) is 0 Å². The summed E-state index contributed by atoms with van der Waals surface area (Å²) in [5.41, 5.74) is 4.93. The first-order chi connectivity index (χ1) is 10.2. The zero-order valence-corrected chi connectivity index (χ0v) is 13.9. The fourth-order valence-electron chi connectivity index (χ4n) is 2.95. The van der Waals surface area contributed by atoms with E-state index in [0.717, 1.165) is 36.8 Å². The highest BCUT2D eigenvalue weighted by atomic mass is 32.2. The van der Waals surface area contributed by atoms with Crippen LogP contribution in [0.25, 0.3) is 11.0 Å². The summed E-state index contributed by atoms with van der Waals surface area (Å²) < 4.78 is 0. The molecule has 0 saturated carbocycles. The molecule has 1 atom stereocenters. The number of rotatable bonds is 5. The van der Waals surface area contributed by atoms with E-state index < -0.39 is 0 Å². The normalized spacial score (nSPS) is 19.2. The Morgan fingerprint density at radius 1 is 1.38 bits per heavy atom. The molecule has 3 rings (SSSR count). The van der Waals surface area contributed by atoms with Crippen molar-refractivity contribution in [2.45, 2.75) is 45.6 Å². The summed E-state index contributed by atoms with van der Waals surface area (Å²) in [4.78, 5) is 8.23. The van der Waals surface area contributed by atoms with E-state index in [4.69, 9.17) is 4.98 Å². The van der Waals surface area contributed by atoms with Crippen LogP contribution in [0.3, 0.4) is 0 Å². The summed E-state index contributed by atoms with van der Waals surface area (Å²) in [6.45, 7) is 5.40. The van der Waals surface area contributed by atoms with Crippen LogP contribution in [0.4, 0.5) is 0 Å². The second kappa shape index (κ2) is 6.84. The van der Waals surface area contributed by atoms with Crippen LogP contribution < -0.4 is 5.32 Å². The topological polar surface area (TPSA) is 40.7 Å². The van der Waals surface area contributed by atoms with Gasteiger partial charge < -0.3 is 10.3 Å². The second-order valence-electron chi connectivity index (χ2n) is 6.06. The number of aryl methyl sites for hydroxylation is 3. The zero-order chi connectivity index (χ0) is 14.7. The van der Waals surface area contributed by atoms with Crippen molar-refractivity contribution >= 4 is 22.8 Å². The van der Waals surface area contributed by atoms with Gasteiger partial charge in [0.1, 0.15) is 5.82 Å². The third-order valence-corrected chi connectivity index (χ3v) is 5.63. The molecule has 0 aliphatic carbocycles. The Labute approximate surface area is 131 Å². The fourth-order valence-corrected chi connectivity index (χ4v) is 4.05. The average molecular weight is 303 g/mol. The number of benzene rings is 1. The van der Waals surface area contributed by atoms with Gasteiger partial charge in [0.2, 0.25) is 0 Å². The third-order valence-electron chi connectivity index (χ3n) is 4.41. The monoisotopic (exact) mass is 303 g/mol. The molecule has 2 N–H and O–H groups in total. The van der Waals surface area contributed by atoms with Gasteiger partial charge in [0, 0.05) is 18.2 Å². The van der Waals surface area contributed by atoms with Gasteiger partial charge in [-0.1, -0.05) is 6.07 Å². The molecule has 2 heterocycles. The molecule has 3 nitrogen and oxygen atoms in total. The molecule has 1 fully saturated rings. The minimum atomic E-state index is 0.726. The van der Waals surface area contributed by atoms with E-state index in [2.05, 4.69) is 48.0 Å². The SMILES string of the molecule is Cc1ccc2[nH]c(CCCNC3CCCSC3)nc2c1C. The van der Waals surface area contributed by atoms with Gasteiger partial charge in [-0.3, -0.25) is 0 Å². The number of hydrogen-bond acceptors (Lipinski definition) is 3. The molecular weight excluding hydrogens is 278 g/mol. The molecule has 0 spiro atoms. The zero-order valence-electron chi connectivity index (χ0n) is 13.0. The Balaban J connectivity index is 1.52. The lowest BCUT2D eigenvalue weighted by Gasteiger charge is -2.22. The fraction of sp³-hybridized carbons (Fsp3) is 0.588. The number of imidazole rings is 1. The molecule has 114 valence electrons. The Hall–Kier alpha value is -1.00. The van der Waals surface area contributed by atoms with Gasteiger partial charge in [-0.2, -0.15) is 11.8 Å². The van der Waals surface area contributed by atoms with Crippen LogP contribution in [0, 0.1) is 13.8 Å². The first-order valence-electron chi connectivity index (χ1n) is 8.00. The summed E-state index contributed by atoms with van der Waals surface area (Å²) in [7, 11) is 0. The first kappa shape index (κ1) is 14.9. The lowest BCUT2D eigenvalue weighted by atomic mass is 10.1. The van der Waals surface area contributed by atoms with E-state index in [1.807, 2.05) is 0 Å². The molecule has 1 aromatic carbocycles. The summed E-state index contributed by atoms with van der Waals surface area (Å²) >= 11 is 2.08. The quantitative estimate of drug-likeness (QED) is 0.829. The van der Waals surface area contributed by atoms with Crippen LogP contribution in [0.5, 0.6) is 0 Å². The molecule has 1 aliphatic heterocycles. The summed E-state index contributed by atoms with van der Waals surface area (Å²) in [6.07, 6.45) is 4.89. The molecule has 4 heteroatoms. The molecule has 2 aromatic rings. The molecule has 1 saturated heterocycles. The van der Waals surface area contributed by atoms with Gasteiger partial charge in [-0.05, 0) is 62.6 Å². The Morgan fingerprint density at radius 3 is 3.10 bits per heavy atom. The Morgan fingerprint density at radius 2 is 2.29 bits per heavy atom. The highest BCUT2D eigenvalue weighted by Gasteiger charge is 2.12. The van der Waals surface area contributed by atoms with E-state index in [1.165, 1.54) is 41.0 Å². The number of hydrogen-bond donors (Lipinski definition) is 2. The number of aromatic nitrogens is 2. The maximum Gasteiger partial charge on any atom is 0.107 e. The third kappa shape index (κ3) is 3.61. The predicted octanol–water partition coefficient (Wildman–Crippen LogP) is 3.60. The highest BCUT2D eigenvalue weighted by Crippen LogP contribution is 2.20. The van der Waals surface area contributed by atoms with Crippen LogP contribution in [0.1, 0.15) is 36.2 Å². The van der Waals surface area contributed by atoms with Crippen LogP contribution in [-0.2, 0) is 6.42 Å². The Bertz CT molecular complexity index is 599. The van der Waals surface area contributed by atoms with Gasteiger partial charge in [0.25, 0.3) is 0 Å². The summed E-state index contributed by atoms with van der Waals surface area (Å²) in [6, 6.07) is 5.04. The van der Waals surface area contributed by atoms with Crippen LogP contribution in [0.2, 0.25) is 0 Å². The van der Waals surface area contributed by atoms with E-state index in [0.29, 0.717) is 0 Å². The first-order valence-corrected chi connectivity index (χ1v) is 9.15. The van der Waals surface area contributed by atoms with Crippen molar-refractivity contribution in [2.75, 3.05) is 18.1 Å². The van der Waals surface area contributed by atoms with Gasteiger partial charge in [-0.25, -0.2) is 4.98 Å². The smallest absolute Gasteiger partial charge is 0.107 e. The van der Waals surface area contributed by atoms with Crippen molar-refractivity contribution in [1.82, 2.24) is 15.3 Å². The number of H-pyrrole nitrogens is 1. The molecule has 0 radical (unpaired) electrons. The van der Waals surface area contributed by atoms with Crippen molar-refractivity contribution in [3.63, 3.8) is 0 Å². The number of aromatic amines is 1. The molecule has 0 amide bonds. The largest absolute Gasteiger partial charge is 0.342 e. The molecule has 1 aromatic heterocycles. The molecule has 0 bridgehead atoms. The molecule has 21 heavy (non-hydrogen) atoms. The van der Waals surface area contributed by atoms with Crippen molar-refractivity contribution in [3.05, 3.63) is 29.1 Å². The van der Waals surface area contributed by atoms with Crippen LogP contribution in [-0.4, -0.2) is 34.1 Å². The predicted molar refractivity (Wildman–Crippen MR) is 92.2 cm³/mol. The van der Waals surface area contributed by atoms with Gasteiger partial charge in [-0.15, -0.1) is 0 Å². The maximum absolute atomic E-state index is 4.77. The summed E-state index contributed by atoms with van der Waals surface area (Å²) in [5, 5.41) is 3.68. The van der Waals surface area contributed by atoms with Crippen LogP contribution in [0.15, 0.2) is 12.1 Å². The average Bonchev–Trinajstić information content (AvgIpc) is 2.93. The molecule has 1 aliphatic rings. The standard InChI is InChI=1S/C17H25N3S/c1-12-7-8-15-17(13(12)2)20-16(19-15)6-3-9-18-14-5-4-10-21-11-14/h7-8,14,18H,3-6,9-11H2,1-2H3,(H,19,20). The summed E-state index contributed by atoms with van der Waals surface area (Å²) in [5.74, 6) is 3.75. The lowest BCUT2D eigenvalue weighted by Crippen LogP contribution is -2.34. The van der Waals surface area contributed by atoms with Gasteiger partial charge >= 0.3 is 0 Å². The van der Waals surface area contributed by atoms with Crippen molar-refractivity contribution in [2.24, 2.45) is 0 Å². The van der Waals surface area contributed by atoms with Crippen molar-refractivity contribution in [3.8, 4) is 0 Å². The van der Waals surface area contributed by atoms with E-state index in [9.17, 15) is 0 Å². The van der Waals surface area contributed by atoms with E-state index in [-0.39, 0.29) is 0 Å². The highest BCUT2D eigenvalue weighted by molar-refractivity contribution is 7.99. The number of nitrogens with one attached hydrogen (secondary N) is 2. The number of nitrogens with zero attached hydrogens (tertiary/aromatic N) is 1. The Kier molecular flexibility index (Phi) is 4.86. The van der Waals surface area contributed by atoms with Crippen molar-refractivity contribution in [1.29, 1.82) is 0 Å². The maximum atomic E-state index is 4.77. The minimum absolute atomic E-state index is 0.726. The minimum Gasteiger partial charge on any atom is -0.342 e. The van der Waals surface area contributed by atoms with Gasteiger partial charge in [0.15, 0.2) is 0 Å². The van der Waals surface area contributed by atoms with Crippen LogP contribution >= 0.6 is 11.8 Å². The molecule has 1 unspecified atom stereocenters. The van der Waals surface area contributed by atoms with Crippen molar-refractivity contribution < 1.29 is 0 Å². The second-order valence-corrected chi connectivity index (χ2v) is 7.21. The lowest BCUT2D eigenvalue weighted by molar-refractivity contribution is 0.499.